The first-order chi connectivity index (χ1) is 7.35. The summed E-state index contributed by atoms with van der Waals surface area (Å²) in [5.74, 6) is 0.701. The topological polar surface area (TPSA) is 74.2 Å². The molecule has 80 valence electrons. The lowest BCUT2D eigenvalue weighted by Gasteiger charge is -2.03. The quantitative estimate of drug-likeness (QED) is 0.805. The van der Waals surface area contributed by atoms with Crippen molar-refractivity contribution in [2.24, 2.45) is 5.73 Å². The van der Waals surface area contributed by atoms with Crippen molar-refractivity contribution >= 4 is 11.1 Å². The van der Waals surface area contributed by atoms with Gasteiger partial charge in [0.25, 0.3) is 0 Å². The normalized spacial score (nSPS) is 11.1. The molecule has 5 nitrogen and oxygen atoms in total. The van der Waals surface area contributed by atoms with Crippen LogP contribution in [0.5, 0.6) is 0 Å². The Balaban J connectivity index is 2.48. The van der Waals surface area contributed by atoms with Crippen molar-refractivity contribution in [3.63, 3.8) is 0 Å². The number of aromatic nitrogens is 2. The van der Waals surface area contributed by atoms with E-state index in [0.29, 0.717) is 31.1 Å². The number of nitrogens with two attached hydrogens (primary N) is 1. The summed E-state index contributed by atoms with van der Waals surface area (Å²) in [7, 11) is 1.64. The van der Waals surface area contributed by atoms with Crippen molar-refractivity contribution in [3.05, 3.63) is 23.8 Å². The summed E-state index contributed by atoms with van der Waals surface area (Å²) < 4.78 is 10.3. The fourth-order valence-corrected chi connectivity index (χ4v) is 1.45. The number of fused-ring (bicyclic) bond motifs is 1. The van der Waals surface area contributed by atoms with E-state index in [4.69, 9.17) is 14.9 Å². The van der Waals surface area contributed by atoms with Gasteiger partial charge in [-0.3, -0.25) is 0 Å². The summed E-state index contributed by atoms with van der Waals surface area (Å²) in [6.45, 7) is 0.981. The molecule has 0 radical (unpaired) electrons. The summed E-state index contributed by atoms with van der Waals surface area (Å²) in [4.78, 5) is 8.63. The summed E-state index contributed by atoms with van der Waals surface area (Å²) in [5, 5.41) is 0.901. The Kier molecular flexibility index (Phi) is 2.94. The Morgan fingerprint density at radius 1 is 1.47 bits per heavy atom. The summed E-state index contributed by atoms with van der Waals surface area (Å²) in [6.07, 6.45) is 2.25. The molecule has 2 heterocycles. The number of ether oxygens (including phenoxy) is 1. The highest BCUT2D eigenvalue weighted by molar-refractivity contribution is 5.75. The molecule has 0 fully saturated rings. The van der Waals surface area contributed by atoms with Crippen LogP contribution in [-0.2, 0) is 17.8 Å². The standard InChI is InChI=1S/C10H13N3O2/c1-14-6-8-7-3-5-15-10(7)13-9(12-8)2-4-11/h3,5H,2,4,6,11H2,1H3. The molecular formula is C10H13N3O2. The second-order valence-electron chi connectivity index (χ2n) is 3.20. The van der Waals surface area contributed by atoms with Crippen LogP contribution in [0.15, 0.2) is 16.7 Å². The van der Waals surface area contributed by atoms with Gasteiger partial charge in [-0.1, -0.05) is 0 Å². The molecule has 0 atom stereocenters. The van der Waals surface area contributed by atoms with E-state index < -0.39 is 0 Å². The summed E-state index contributed by atoms with van der Waals surface area (Å²) >= 11 is 0. The van der Waals surface area contributed by atoms with Gasteiger partial charge in [-0.25, -0.2) is 4.98 Å². The smallest absolute Gasteiger partial charge is 0.229 e. The van der Waals surface area contributed by atoms with Crippen LogP contribution in [0.3, 0.4) is 0 Å². The van der Waals surface area contributed by atoms with E-state index in [1.165, 1.54) is 0 Å². The fourth-order valence-electron chi connectivity index (χ4n) is 1.45. The molecule has 0 aliphatic carbocycles. The number of nitrogens with zero attached hydrogens (tertiary/aromatic N) is 2. The van der Waals surface area contributed by atoms with E-state index >= 15 is 0 Å². The van der Waals surface area contributed by atoms with Crippen molar-refractivity contribution in [2.45, 2.75) is 13.0 Å². The largest absolute Gasteiger partial charge is 0.446 e. The van der Waals surface area contributed by atoms with E-state index in [0.717, 1.165) is 11.1 Å². The van der Waals surface area contributed by atoms with E-state index in [1.54, 1.807) is 13.4 Å². The SMILES string of the molecule is COCc1nc(CCN)nc2occc12. The minimum Gasteiger partial charge on any atom is -0.446 e. The first kappa shape index (κ1) is 10.1. The Labute approximate surface area is 87.3 Å². The summed E-state index contributed by atoms with van der Waals surface area (Å²) in [5.41, 5.74) is 6.91. The number of hydrogen-bond donors (Lipinski definition) is 1. The number of furan rings is 1. The van der Waals surface area contributed by atoms with Crippen LogP contribution >= 0.6 is 0 Å². The monoisotopic (exact) mass is 207 g/mol. The molecule has 2 aromatic rings. The molecule has 0 aliphatic heterocycles. The van der Waals surface area contributed by atoms with Crippen molar-refractivity contribution < 1.29 is 9.15 Å². The van der Waals surface area contributed by atoms with Gasteiger partial charge < -0.3 is 14.9 Å². The number of hydrogen-bond acceptors (Lipinski definition) is 5. The second-order valence-corrected chi connectivity index (χ2v) is 3.20. The first-order valence-electron chi connectivity index (χ1n) is 4.77. The lowest BCUT2D eigenvalue weighted by molar-refractivity contribution is 0.182. The molecule has 15 heavy (non-hydrogen) atoms. The van der Waals surface area contributed by atoms with Gasteiger partial charge in [-0.2, -0.15) is 4.98 Å². The molecule has 2 N–H and O–H groups in total. The zero-order chi connectivity index (χ0) is 10.7. The molecule has 5 heteroatoms. The highest BCUT2D eigenvalue weighted by Crippen LogP contribution is 2.17. The zero-order valence-corrected chi connectivity index (χ0v) is 8.56. The van der Waals surface area contributed by atoms with Crippen LogP contribution in [0, 0.1) is 0 Å². The average molecular weight is 207 g/mol. The van der Waals surface area contributed by atoms with Gasteiger partial charge in [-0.15, -0.1) is 0 Å². The van der Waals surface area contributed by atoms with E-state index in [9.17, 15) is 0 Å². The van der Waals surface area contributed by atoms with Gasteiger partial charge in [0.1, 0.15) is 5.82 Å². The average Bonchev–Trinajstić information content (AvgIpc) is 2.67. The Bertz CT molecular complexity index is 453. The minimum absolute atomic E-state index is 0.454. The van der Waals surface area contributed by atoms with Crippen LogP contribution in [-0.4, -0.2) is 23.6 Å². The number of methoxy groups -OCH3 is 1. The molecule has 2 aromatic heterocycles. The van der Waals surface area contributed by atoms with Crippen LogP contribution < -0.4 is 5.73 Å². The maximum atomic E-state index is 5.46. The second kappa shape index (κ2) is 4.37. The molecule has 0 spiro atoms. The van der Waals surface area contributed by atoms with E-state index in [2.05, 4.69) is 9.97 Å². The third-order valence-electron chi connectivity index (χ3n) is 2.10. The van der Waals surface area contributed by atoms with Gasteiger partial charge in [0.15, 0.2) is 0 Å². The van der Waals surface area contributed by atoms with Gasteiger partial charge in [0.05, 0.1) is 24.0 Å². The van der Waals surface area contributed by atoms with Crippen molar-refractivity contribution in [3.8, 4) is 0 Å². The third kappa shape index (κ3) is 1.98. The summed E-state index contributed by atoms with van der Waals surface area (Å²) in [6, 6.07) is 1.84. The predicted molar refractivity (Wildman–Crippen MR) is 55.3 cm³/mol. The van der Waals surface area contributed by atoms with Crippen LogP contribution in [0.25, 0.3) is 11.1 Å². The molecule has 2 rings (SSSR count). The van der Waals surface area contributed by atoms with Gasteiger partial charge >= 0.3 is 0 Å². The lowest BCUT2D eigenvalue weighted by atomic mass is 10.3. The first-order valence-corrected chi connectivity index (χ1v) is 4.77. The number of rotatable bonds is 4. The van der Waals surface area contributed by atoms with Crippen molar-refractivity contribution in [1.29, 1.82) is 0 Å². The highest BCUT2D eigenvalue weighted by Gasteiger charge is 2.09. The Morgan fingerprint density at radius 2 is 2.33 bits per heavy atom. The van der Waals surface area contributed by atoms with Crippen LogP contribution in [0.4, 0.5) is 0 Å². The Morgan fingerprint density at radius 3 is 3.07 bits per heavy atom. The zero-order valence-electron chi connectivity index (χ0n) is 8.56. The lowest BCUT2D eigenvalue weighted by Crippen LogP contribution is -2.08. The molecule has 0 aliphatic rings. The molecule has 0 saturated heterocycles. The molecule has 0 bridgehead atoms. The van der Waals surface area contributed by atoms with Crippen LogP contribution in [0.1, 0.15) is 11.5 Å². The molecule has 0 amide bonds. The maximum absolute atomic E-state index is 5.46. The predicted octanol–water partition coefficient (Wildman–Crippen LogP) is 0.870. The highest BCUT2D eigenvalue weighted by atomic mass is 16.5. The molecule has 0 saturated carbocycles. The minimum atomic E-state index is 0.454. The molecule has 0 unspecified atom stereocenters. The van der Waals surface area contributed by atoms with Crippen LogP contribution in [0.2, 0.25) is 0 Å². The van der Waals surface area contributed by atoms with E-state index in [-0.39, 0.29) is 0 Å². The maximum Gasteiger partial charge on any atom is 0.229 e. The fraction of sp³-hybridized carbons (Fsp3) is 0.400. The molecular weight excluding hydrogens is 194 g/mol. The third-order valence-corrected chi connectivity index (χ3v) is 2.10. The van der Waals surface area contributed by atoms with Gasteiger partial charge in [-0.05, 0) is 12.6 Å². The van der Waals surface area contributed by atoms with E-state index in [1.807, 2.05) is 6.07 Å². The van der Waals surface area contributed by atoms with Crippen molar-refractivity contribution in [2.75, 3.05) is 13.7 Å². The van der Waals surface area contributed by atoms with Gasteiger partial charge in [0.2, 0.25) is 5.71 Å². The van der Waals surface area contributed by atoms with Crippen molar-refractivity contribution in [1.82, 2.24) is 9.97 Å². The van der Waals surface area contributed by atoms with Gasteiger partial charge in [0, 0.05) is 13.5 Å². The molecule has 0 aromatic carbocycles. The Hall–Kier alpha value is -1.46.